The van der Waals surface area contributed by atoms with Gasteiger partial charge in [0.1, 0.15) is 0 Å². The van der Waals surface area contributed by atoms with E-state index in [0.717, 1.165) is 5.69 Å². The summed E-state index contributed by atoms with van der Waals surface area (Å²) in [6, 6.07) is 16.1. The molecule has 0 spiro atoms. The minimum absolute atomic E-state index is 0.189. The number of benzene rings is 2. The van der Waals surface area contributed by atoms with Crippen LogP contribution in [0, 0.1) is 0 Å². The summed E-state index contributed by atoms with van der Waals surface area (Å²) in [5.74, 6) is -0.193. The molecule has 0 fully saturated rings. The van der Waals surface area contributed by atoms with Crippen LogP contribution in [0.5, 0.6) is 0 Å². The van der Waals surface area contributed by atoms with Crippen LogP contribution in [0.1, 0.15) is 10.4 Å². The van der Waals surface area contributed by atoms with Crippen molar-refractivity contribution in [1.29, 1.82) is 0 Å². The van der Waals surface area contributed by atoms with Crippen LogP contribution in [-0.4, -0.2) is 30.2 Å². The Morgan fingerprint density at radius 3 is 2.38 bits per heavy atom. The third-order valence-electron chi connectivity index (χ3n) is 2.92. The summed E-state index contributed by atoms with van der Waals surface area (Å²) in [5.41, 5.74) is 1.45. The molecule has 1 amide bonds. The molecule has 2 aromatic carbocycles. The number of rotatable bonds is 6. The fourth-order valence-corrected chi connectivity index (χ4v) is 1.90. The summed E-state index contributed by atoms with van der Waals surface area (Å²) in [6.45, 7) is 0.533. The van der Waals surface area contributed by atoms with E-state index >= 15 is 0 Å². The van der Waals surface area contributed by atoms with E-state index < -0.39 is 6.10 Å². The zero-order valence-corrected chi connectivity index (χ0v) is 12.2. The van der Waals surface area contributed by atoms with Crippen molar-refractivity contribution in [3.63, 3.8) is 0 Å². The molecular formula is C16H17ClN2O2. The minimum atomic E-state index is -0.673. The van der Waals surface area contributed by atoms with Crippen LogP contribution in [-0.2, 0) is 0 Å². The molecule has 1 atom stereocenters. The number of anilines is 1. The number of aliphatic hydroxyl groups is 1. The lowest BCUT2D eigenvalue weighted by molar-refractivity contribution is 0.0922. The molecule has 0 heterocycles. The lowest BCUT2D eigenvalue weighted by Crippen LogP contribution is -2.35. The lowest BCUT2D eigenvalue weighted by Gasteiger charge is -2.14. The number of halogens is 1. The second-order valence-electron chi connectivity index (χ2n) is 4.62. The van der Waals surface area contributed by atoms with Gasteiger partial charge < -0.3 is 15.7 Å². The van der Waals surface area contributed by atoms with Gasteiger partial charge in [-0.25, -0.2) is 0 Å². The third-order valence-corrected chi connectivity index (χ3v) is 3.17. The van der Waals surface area contributed by atoms with Crippen molar-refractivity contribution in [2.75, 3.05) is 18.4 Å². The average molecular weight is 305 g/mol. The molecule has 3 N–H and O–H groups in total. The van der Waals surface area contributed by atoms with Gasteiger partial charge in [0.25, 0.3) is 5.91 Å². The van der Waals surface area contributed by atoms with Gasteiger partial charge in [-0.3, -0.25) is 4.79 Å². The van der Waals surface area contributed by atoms with Gasteiger partial charge >= 0.3 is 0 Å². The predicted molar refractivity (Wildman–Crippen MR) is 84.7 cm³/mol. The van der Waals surface area contributed by atoms with E-state index in [0.29, 0.717) is 17.1 Å². The lowest BCUT2D eigenvalue weighted by atomic mass is 10.2. The maximum atomic E-state index is 11.8. The zero-order chi connectivity index (χ0) is 15.1. The van der Waals surface area contributed by atoms with E-state index in [2.05, 4.69) is 10.6 Å². The van der Waals surface area contributed by atoms with Gasteiger partial charge in [0.15, 0.2) is 0 Å². The molecule has 4 nitrogen and oxygen atoms in total. The van der Waals surface area contributed by atoms with Crippen LogP contribution in [0.4, 0.5) is 5.69 Å². The Balaban J connectivity index is 1.73. The van der Waals surface area contributed by atoms with Crippen molar-refractivity contribution in [3.8, 4) is 0 Å². The second-order valence-corrected chi connectivity index (χ2v) is 5.05. The van der Waals surface area contributed by atoms with Gasteiger partial charge in [0, 0.05) is 29.4 Å². The Hall–Kier alpha value is -2.04. The number of hydrogen-bond acceptors (Lipinski definition) is 3. The Morgan fingerprint density at radius 1 is 1.05 bits per heavy atom. The molecule has 110 valence electrons. The molecule has 0 saturated heterocycles. The third kappa shape index (κ3) is 5.10. The van der Waals surface area contributed by atoms with Crippen molar-refractivity contribution in [1.82, 2.24) is 5.32 Å². The quantitative estimate of drug-likeness (QED) is 0.768. The largest absolute Gasteiger partial charge is 0.389 e. The molecule has 0 aliphatic heterocycles. The van der Waals surface area contributed by atoms with Crippen molar-refractivity contribution in [2.24, 2.45) is 0 Å². The Bertz CT molecular complexity index is 573. The Labute approximate surface area is 128 Å². The molecule has 5 heteroatoms. The maximum Gasteiger partial charge on any atom is 0.251 e. The van der Waals surface area contributed by atoms with Crippen LogP contribution in [0.15, 0.2) is 54.6 Å². The number of nitrogens with one attached hydrogen (secondary N) is 2. The monoisotopic (exact) mass is 304 g/mol. The summed E-state index contributed by atoms with van der Waals surface area (Å²) >= 11 is 5.79. The molecule has 21 heavy (non-hydrogen) atoms. The van der Waals surface area contributed by atoms with E-state index in [4.69, 9.17) is 11.6 Å². The number of carbonyl (C=O) groups is 1. The van der Waals surface area contributed by atoms with Crippen molar-refractivity contribution in [3.05, 3.63) is 65.2 Å². The minimum Gasteiger partial charge on any atom is -0.389 e. The van der Waals surface area contributed by atoms with Gasteiger partial charge in [0.2, 0.25) is 0 Å². The highest BCUT2D eigenvalue weighted by Crippen LogP contribution is 2.13. The van der Waals surface area contributed by atoms with E-state index in [1.54, 1.807) is 36.4 Å². The zero-order valence-electron chi connectivity index (χ0n) is 11.4. The topological polar surface area (TPSA) is 61.4 Å². The van der Waals surface area contributed by atoms with E-state index in [9.17, 15) is 9.90 Å². The van der Waals surface area contributed by atoms with Crippen LogP contribution in [0.2, 0.25) is 5.02 Å². The molecule has 1 unspecified atom stereocenters. The van der Waals surface area contributed by atoms with Crippen LogP contribution in [0.25, 0.3) is 0 Å². The highest BCUT2D eigenvalue weighted by molar-refractivity contribution is 6.30. The first-order valence-corrected chi connectivity index (χ1v) is 7.03. The molecule has 0 saturated carbocycles. The van der Waals surface area contributed by atoms with E-state index in [1.807, 2.05) is 18.2 Å². The molecule has 2 aromatic rings. The second kappa shape index (κ2) is 7.67. The van der Waals surface area contributed by atoms with Gasteiger partial charge in [-0.05, 0) is 36.4 Å². The van der Waals surface area contributed by atoms with Gasteiger partial charge in [-0.2, -0.15) is 0 Å². The van der Waals surface area contributed by atoms with Crippen LogP contribution in [0.3, 0.4) is 0 Å². The van der Waals surface area contributed by atoms with Crippen molar-refractivity contribution in [2.45, 2.75) is 6.10 Å². The molecule has 0 aliphatic rings. The van der Waals surface area contributed by atoms with Crippen molar-refractivity contribution < 1.29 is 9.90 Å². The average Bonchev–Trinajstić information content (AvgIpc) is 2.53. The van der Waals surface area contributed by atoms with Gasteiger partial charge in [-0.15, -0.1) is 0 Å². The van der Waals surface area contributed by atoms with Gasteiger partial charge in [0.05, 0.1) is 6.10 Å². The van der Waals surface area contributed by atoms with Gasteiger partial charge in [-0.1, -0.05) is 29.8 Å². The first-order chi connectivity index (χ1) is 10.1. The highest BCUT2D eigenvalue weighted by Gasteiger charge is 2.08. The van der Waals surface area contributed by atoms with E-state index in [-0.39, 0.29) is 12.5 Å². The molecular weight excluding hydrogens is 288 g/mol. The highest BCUT2D eigenvalue weighted by atomic mass is 35.5. The number of carbonyl (C=O) groups excluding carboxylic acids is 1. The fourth-order valence-electron chi connectivity index (χ4n) is 1.78. The normalized spacial score (nSPS) is 11.7. The standard InChI is InChI=1S/C16H17ClN2O2/c17-13-6-8-14(9-7-13)18-10-15(20)11-19-16(21)12-4-2-1-3-5-12/h1-9,15,18,20H,10-11H2,(H,19,21). The van der Waals surface area contributed by atoms with Crippen LogP contribution >= 0.6 is 11.6 Å². The van der Waals surface area contributed by atoms with E-state index in [1.165, 1.54) is 0 Å². The maximum absolute atomic E-state index is 11.8. The first kappa shape index (κ1) is 15.4. The SMILES string of the molecule is O=C(NCC(O)CNc1ccc(Cl)cc1)c1ccccc1. The molecule has 0 aromatic heterocycles. The molecule has 2 rings (SSSR count). The fraction of sp³-hybridized carbons (Fsp3) is 0.188. The summed E-state index contributed by atoms with van der Waals surface area (Å²) < 4.78 is 0. The predicted octanol–water partition coefficient (Wildman–Crippen LogP) is 2.54. The molecule has 0 aliphatic carbocycles. The smallest absolute Gasteiger partial charge is 0.251 e. The summed E-state index contributed by atoms with van der Waals surface area (Å²) in [7, 11) is 0. The number of hydrogen-bond donors (Lipinski definition) is 3. The summed E-state index contributed by atoms with van der Waals surface area (Å²) in [6.07, 6.45) is -0.673. The number of aliphatic hydroxyl groups excluding tert-OH is 1. The summed E-state index contributed by atoms with van der Waals surface area (Å²) in [4.78, 5) is 11.8. The molecule has 0 radical (unpaired) electrons. The Morgan fingerprint density at radius 2 is 1.71 bits per heavy atom. The van der Waals surface area contributed by atoms with Crippen LogP contribution < -0.4 is 10.6 Å². The summed E-state index contributed by atoms with van der Waals surface area (Å²) in [5, 5.41) is 16.3. The molecule has 0 bridgehead atoms. The van der Waals surface area contributed by atoms with Crippen molar-refractivity contribution >= 4 is 23.2 Å². The number of amides is 1. The Kier molecular flexibility index (Phi) is 5.60. The first-order valence-electron chi connectivity index (χ1n) is 6.66.